The number of nitrogens with zero attached hydrogens (tertiary/aromatic N) is 1. The van der Waals surface area contributed by atoms with Crippen molar-refractivity contribution in [2.75, 3.05) is 13.2 Å². The third-order valence-corrected chi connectivity index (χ3v) is 3.94. The summed E-state index contributed by atoms with van der Waals surface area (Å²) in [6.07, 6.45) is -0.754. The van der Waals surface area contributed by atoms with E-state index in [2.05, 4.69) is 15.9 Å². The van der Waals surface area contributed by atoms with E-state index in [4.69, 9.17) is 9.84 Å². The molecule has 2 rings (SSSR count). The summed E-state index contributed by atoms with van der Waals surface area (Å²) in [6, 6.07) is 4.46. The molecule has 114 valence electrons. The van der Waals surface area contributed by atoms with Crippen LogP contribution in [-0.4, -0.2) is 52.3 Å². The number of aliphatic carboxylic acids is 1. The molecule has 1 aliphatic heterocycles. The molecule has 1 saturated heterocycles. The predicted molar refractivity (Wildman–Crippen MR) is 78.1 cm³/mol. The largest absolute Gasteiger partial charge is 0.483 e. The van der Waals surface area contributed by atoms with Crippen LogP contribution < -0.4 is 4.74 Å². The van der Waals surface area contributed by atoms with Crippen LogP contribution in [0.1, 0.15) is 12.0 Å². The van der Waals surface area contributed by atoms with Gasteiger partial charge in [-0.3, -0.25) is 4.79 Å². The third kappa shape index (κ3) is 3.74. The summed E-state index contributed by atoms with van der Waals surface area (Å²) in [5, 5.41) is 18.6. The molecule has 2 N–H and O–H groups in total. The number of β-amino-alcohol motifs (C(OH)–C–C–N with tert-alkyl or cyclic N) is 1. The number of rotatable bonds is 4. The zero-order valence-electron chi connectivity index (χ0n) is 11.5. The zero-order valence-corrected chi connectivity index (χ0v) is 13.0. The van der Waals surface area contributed by atoms with E-state index in [-0.39, 0.29) is 19.6 Å². The molecule has 1 aromatic rings. The minimum absolute atomic E-state index is 0.0221. The van der Waals surface area contributed by atoms with Crippen LogP contribution in [0.3, 0.4) is 0 Å². The third-order valence-electron chi connectivity index (χ3n) is 3.32. The van der Waals surface area contributed by atoms with Crippen molar-refractivity contribution in [2.24, 2.45) is 0 Å². The van der Waals surface area contributed by atoms with E-state index in [1.54, 1.807) is 6.07 Å². The average Bonchev–Trinajstić information content (AvgIpc) is 2.80. The van der Waals surface area contributed by atoms with Crippen molar-refractivity contribution in [1.29, 1.82) is 0 Å². The quantitative estimate of drug-likeness (QED) is 0.844. The first-order chi connectivity index (χ1) is 9.88. The molecule has 0 aliphatic carbocycles. The number of aryl methyl sites for hydroxylation is 1. The van der Waals surface area contributed by atoms with Crippen molar-refractivity contribution in [3.63, 3.8) is 0 Å². The monoisotopic (exact) mass is 357 g/mol. The van der Waals surface area contributed by atoms with Crippen LogP contribution in [0.5, 0.6) is 5.75 Å². The molecule has 0 spiro atoms. The lowest BCUT2D eigenvalue weighted by Gasteiger charge is -2.21. The lowest BCUT2D eigenvalue weighted by Crippen LogP contribution is -2.42. The predicted octanol–water partition coefficient (Wildman–Crippen LogP) is 1.18. The van der Waals surface area contributed by atoms with Gasteiger partial charge in [0.25, 0.3) is 5.91 Å². The Bertz CT molecular complexity index is 562. The van der Waals surface area contributed by atoms with E-state index < -0.39 is 24.0 Å². The van der Waals surface area contributed by atoms with Crippen molar-refractivity contribution >= 4 is 27.8 Å². The number of carbonyl (C=O) groups excluding carboxylic acids is 1. The number of carboxylic acids is 1. The van der Waals surface area contributed by atoms with E-state index in [0.29, 0.717) is 5.75 Å². The van der Waals surface area contributed by atoms with Gasteiger partial charge in [0.2, 0.25) is 0 Å². The minimum Gasteiger partial charge on any atom is -0.483 e. The number of amides is 1. The van der Waals surface area contributed by atoms with Gasteiger partial charge in [0.05, 0.1) is 10.6 Å². The molecule has 2 atom stereocenters. The van der Waals surface area contributed by atoms with Crippen LogP contribution in [-0.2, 0) is 9.59 Å². The Labute approximate surface area is 130 Å². The molecule has 1 fully saturated rings. The number of likely N-dealkylation sites (tertiary alicyclic amines) is 1. The summed E-state index contributed by atoms with van der Waals surface area (Å²) in [7, 11) is 0. The normalized spacial score (nSPS) is 21.4. The summed E-state index contributed by atoms with van der Waals surface area (Å²) < 4.78 is 6.14. The number of aliphatic hydroxyl groups excluding tert-OH is 1. The van der Waals surface area contributed by atoms with Crippen molar-refractivity contribution in [1.82, 2.24) is 4.90 Å². The summed E-state index contributed by atoms with van der Waals surface area (Å²) in [6.45, 7) is 1.69. The minimum atomic E-state index is -1.11. The molecule has 0 radical (unpaired) electrons. The molecule has 0 unspecified atom stereocenters. The van der Waals surface area contributed by atoms with Gasteiger partial charge in [0.1, 0.15) is 11.8 Å². The van der Waals surface area contributed by atoms with Crippen molar-refractivity contribution < 1.29 is 24.5 Å². The number of carbonyl (C=O) groups is 2. The molecule has 0 saturated carbocycles. The van der Waals surface area contributed by atoms with E-state index in [9.17, 15) is 14.7 Å². The number of hydrogen-bond donors (Lipinski definition) is 2. The van der Waals surface area contributed by atoms with Crippen LogP contribution in [0, 0.1) is 6.92 Å². The molecule has 1 amide bonds. The molecule has 0 aromatic heterocycles. The SMILES string of the molecule is Cc1ccc(OCC(=O)N2C[C@@H](O)C[C@H]2C(=O)O)c(Br)c1. The average molecular weight is 358 g/mol. The highest BCUT2D eigenvalue weighted by Crippen LogP contribution is 2.26. The maximum atomic E-state index is 12.1. The van der Waals surface area contributed by atoms with E-state index in [1.165, 1.54) is 0 Å². The first-order valence-corrected chi connectivity index (χ1v) is 7.27. The highest BCUT2D eigenvalue weighted by Gasteiger charge is 2.38. The Hall–Kier alpha value is -1.60. The van der Waals surface area contributed by atoms with E-state index >= 15 is 0 Å². The summed E-state index contributed by atoms with van der Waals surface area (Å²) in [5.41, 5.74) is 1.05. The van der Waals surface area contributed by atoms with Gasteiger partial charge < -0.3 is 19.8 Å². The number of hydrogen-bond acceptors (Lipinski definition) is 4. The van der Waals surface area contributed by atoms with Crippen LogP contribution in [0.25, 0.3) is 0 Å². The Morgan fingerprint density at radius 3 is 2.81 bits per heavy atom. The standard InChI is InChI=1S/C14H16BrNO5/c1-8-2-3-12(10(15)4-8)21-7-13(18)16-6-9(17)5-11(16)14(19)20/h2-4,9,11,17H,5-7H2,1H3,(H,19,20)/t9-,11-/m0/s1. The fraction of sp³-hybridized carbons (Fsp3) is 0.429. The summed E-state index contributed by atoms with van der Waals surface area (Å²) in [4.78, 5) is 24.3. The van der Waals surface area contributed by atoms with Gasteiger partial charge in [-0.2, -0.15) is 0 Å². The molecule has 1 heterocycles. The van der Waals surface area contributed by atoms with Gasteiger partial charge in [0, 0.05) is 13.0 Å². The first-order valence-electron chi connectivity index (χ1n) is 6.47. The van der Waals surface area contributed by atoms with Crippen molar-refractivity contribution in [2.45, 2.75) is 25.5 Å². The van der Waals surface area contributed by atoms with Crippen molar-refractivity contribution in [3.05, 3.63) is 28.2 Å². The Morgan fingerprint density at radius 2 is 2.19 bits per heavy atom. The van der Waals surface area contributed by atoms with Gasteiger partial charge in [-0.1, -0.05) is 6.07 Å². The van der Waals surface area contributed by atoms with Gasteiger partial charge >= 0.3 is 5.97 Å². The molecule has 21 heavy (non-hydrogen) atoms. The second-order valence-electron chi connectivity index (χ2n) is 5.01. The van der Waals surface area contributed by atoms with Crippen LogP contribution in [0.15, 0.2) is 22.7 Å². The van der Waals surface area contributed by atoms with E-state index in [0.717, 1.165) is 14.9 Å². The smallest absolute Gasteiger partial charge is 0.326 e. The number of benzene rings is 1. The number of halogens is 1. The van der Waals surface area contributed by atoms with E-state index in [1.807, 2.05) is 19.1 Å². The fourth-order valence-corrected chi connectivity index (χ4v) is 2.88. The highest BCUT2D eigenvalue weighted by molar-refractivity contribution is 9.10. The first kappa shape index (κ1) is 15.8. The van der Waals surface area contributed by atoms with Gasteiger partial charge in [-0.05, 0) is 40.5 Å². The second kappa shape index (κ2) is 6.44. The molecule has 7 heteroatoms. The topological polar surface area (TPSA) is 87.1 Å². The molecule has 6 nitrogen and oxygen atoms in total. The van der Waals surface area contributed by atoms with Gasteiger partial charge in [0.15, 0.2) is 6.61 Å². The summed E-state index contributed by atoms with van der Waals surface area (Å²) >= 11 is 3.34. The van der Waals surface area contributed by atoms with Crippen molar-refractivity contribution in [3.8, 4) is 5.75 Å². The van der Waals surface area contributed by atoms with Gasteiger partial charge in [-0.25, -0.2) is 4.79 Å². The molecular formula is C14H16BrNO5. The number of aliphatic hydroxyl groups is 1. The molecule has 1 aromatic carbocycles. The highest BCUT2D eigenvalue weighted by atomic mass is 79.9. The fourth-order valence-electron chi connectivity index (χ4n) is 2.27. The Kier molecular flexibility index (Phi) is 4.84. The maximum absolute atomic E-state index is 12.1. The number of ether oxygens (including phenoxy) is 1. The van der Waals surface area contributed by atoms with Crippen LogP contribution in [0.4, 0.5) is 0 Å². The lowest BCUT2D eigenvalue weighted by atomic mass is 10.2. The Morgan fingerprint density at radius 1 is 1.48 bits per heavy atom. The van der Waals surface area contributed by atoms with Gasteiger partial charge in [-0.15, -0.1) is 0 Å². The summed E-state index contributed by atoms with van der Waals surface area (Å²) in [5.74, 6) is -1.05. The van der Waals surface area contributed by atoms with Crippen LogP contribution in [0.2, 0.25) is 0 Å². The lowest BCUT2D eigenvalue weighted by molar-refractivity contribution is -0.149. The molecular weight excluding hydrogens is 342 g/mol. The number of carboxylic acid groups (broad SMARTS) is 1. The molecule has 1 aliphatic rings. The maximum Gasteiger partial charge on any atom is 0.326 e. The second-order valence-corrected chi connectivity index (χ2v) is 5.87. The Balaban J connectivity index is 1.99. The zero-order chi connectivity index (χ0) is 15.6. The molecule has 0 bridgehead atoms. The van der Waals surface area contributed by atoms with Crippen LogP contribution >= 0.6 is 15.9 Å².